The van der Waals surface area contributed by atoms with Gasteiger partial charge in [0.15, 0.2) is 5.82 Å². The average molecular weight is 919 g/mol. The van der Waals surface area contributed by atoms with Crippen LogP contribution in [0.4, 0.5) is 0 Å². The van der Waals surface area contributed by atoms with Gasteiger partial charge in [-0.15, -0.1) is 0 Å². The molecule has 4 aliphatic rings. The van der Waals surface area contributed by atoms with Gasteiger partial charge in [-0.3, -0.25) is 0 Å². The maximum atomic E-state index is 5.16. The van der Waals surface area contributed by atoms with E-state index in [2.05, 4.69) is 230 Å². The number of fused-ring (bicyclic) bond motifs is 1. The van der Waals surface area contributed by atoms with Crippen molar-refractivity contribution in [3.63, 3.8) is 0 Å². The van der Waals surface area contributed by atoms with E-state index < -0.39 is 0 Å². The molecule has 5 atom stereocenters. The van der Waals surface area contributed by atoms with Crippen LogP contribution in [0.2, 0.25) is 0 Å². The summed E-state index contributed by atoms with van der Waals surface area (Å²) in [5.41, 5.74) is 26.5. The van der Waals surface area contributed by atoms with Crippen LogP contribution in [0, 0.1) is 58.8 Å². The molecule has 5 unspecified atom stereocenters. The standard InChI is InChI=1S/C69H62N2/c1-43-31-45(3)63(46(4)32-43)65(64-47(5)33-44(2)34-48(64)6)56-22-14-21-55(36-56)54-20-13-19-53(35-54)49-23-29-59(30-24-49)69-41-67(38-57-39-68(69,42-69)60(57)40-67)58-27-25-52(26-28-58)66-70-61(50-15-9-7-10-16-50)37-62(71-66)51-17-11-8-12-18-51/h7-37,57,60,65H,38-42H2,1-6H3. The van der Waals surface area contributed by atoms with Crippen molar-refractivity contribution in [1.29, 1.82) is 0 Å². The van der Waals surface area contributed by atoms with E-state index in [1.54, 1.807) is 5.56 Å². The molecule has 0 saturated heterocycles. The minimum Gasteiger partial charge on any atom is -0.228 e. The molecule has 8 aromatic carbocycles. The molecule has 2 bridgehead atoms. The number of hydrogen-bond acceptors (Lipinski definition) is 2. The van der Waals surface area contributed by atoms with Crippen LogP contribution in [-0.4, -0.2) is 9.97 Å². The third-order valence-corrected chi connectivity index (χ3v) is 18.1. The zero-order chi connectivity index (χ0) is 48.2. The smallest absolute Gasteiger partial charge is 0.160 e. The zero-order valence-electron chi connectivity index (χ0n) is 42.1. The number of nitrogens with zero attached hydrogens (tertiary/aromatic N) is 2. The third-order valence-electron chi connectivity index (χ3n) is 18.1. The molecule has 0 amide bonds. The van der Waals surface area contributed by atoms with Gasteiger partial charge in [0.05, 0.1) is 11.4 Å². The summed E-state index contributed by atoms with van der Waals surface area (Å²) in [5, 5.41) is 0. The molecule has 2 heteroatoms. The number of hydrogen-bond donors (Lipinski definition) is 0. The molecular weight excluding hydrogens is 857 g/mol. The highest BCUT2D eigenvalue weighted by Crippen LogP contribution is 2.89. The first-order chi connectivity index (χ1) is 34.5. The van der Waals surface area contributed by atoms with E-state index in [9.17, 15) is 0 Å². The van der Waals surface area contributed by atoms with Crippen LogP contribution >= 0.6 is 0 Å². The fraction of sp³-hybridized carbons (Fsp3) is 0.246. The summed E-state index contributed by atoms with van der Waals surface area (Å²) in [7, 11) is 0. The first-order valence-corrected chi connectivity index (χ1v) is 26.1. The number of benzene rings is 8. The minimum absolute atomic E-state index is 0.141. The second kappa shape index (κ2) is 16.5. The molecule has 1 heterocycles. The number of rotatable bonds is 10. The predicted molar refractivity (Wildman–Crippen MR) is 294 cm³/mol. The summed E-state index contributed by atoms with van der Waals surface area (Å²) in [6.07, 6.45) is 6.65. The Morgan fingerprint density at radius 1 is 0.408 bits per heavy atom. The fourth-order valence-electron chi connectivity index (χ4n) is 15.3. The largest absolute Gasteiger partial charge is 0.228 e. The lowest BCUT2D eigenvalue weighted by Gasteiger charge is -2.49. The minimum atomic E-state index is 0.141. The lowest BCUT2D eigenvalue weighted by atomic mass is 9.55. The van der Waals surface area contributed by atoms with Gasteiger partial charge in [-0.1, -0.05) is 187 Å². The lowest BCUT2D eigenvalue weighted by Crippen LogP contribution is -2.43. The average Bonchev–Trinajstić information content (AvgIpc) is 4.06. The van der Waals surface area contributed by atoms with Crippen LogP contribution in [0.3, 0.4) is 0 Å². The van der Waals surface area contributed by atoms with Gasteiger partial charge in [0.25, 0.3) is 0 Å². The van der Waals surface area contributed by atoms with E-state index in [4.69, 9.17) is 9.97 Å². The highest BCUT2D eigenvalue weighted by molar-refractivity contribution is 5.75. The first kappa shape index (κ1) is 43.8. The molecule has 4 fully saturated rings. The van der Waals surface area contributed by atoms with Crippen molar-refractivity contribution in [2.45, 2.75) is 90.4 Å². The molecule has 9 aromatic rings. The van der Waals surface area contributed by atoms with Gasteiger partial charge in [0.2, 0.25) is 0 Å². The van der Waals surface area contributed by atoms with Crippen molar-refractivity contribution < 1.29 is 0 Å². The van der Waals surface area contributed by atoms with Crippen LogP contribution in [0.1, 0.15) is 99.2 Å². The molecule has 1 aromatic heterocycles. The van der Waals surface area contributed by atoms with E-state index >= 15 is 0 Å². The van der Waals surface area contributed by atoms with Gasteiger partial charge in [-0.2, -0.15) is 0 Å². The Bertz CT molecular complexity index is 3370. The summed E-state index contributed by atoms with van der Waals surface area (Å²) < 4.78 is 0. The molecule has 2 nitrogen and oxygen atoms in total. The Morgan fingerprint density at radius 3 is 1.48 bits per heavy atom. The molecule has 0 radical (unpaired) electrons. The van der Waals surface area contributed by atoms with E-state index in [0.717, 1.165) is 45.7 Å². The molecule has 1 spiro atoms. The van der Waals surface area contributed by atoms with Gasteiger partial charge < -0.3 is 0 Å². The van der Waals surface area contributed by atoms with Gasteiger partial charge in [0.1, 0.15) is 0 Å². The number of aryl methyl sites for hydroxylation is 6. The summed E-state index contributed by atoms with van der Waals surface area (Å²) in [6.45, 7) is 13.6. The van der Waals surface area contributed by atoms with Crippen LogP contribution < -0.4 is 0 Å². The molecule has 71 heavy (non-hydrogen) atoms. The highest BCUT2D eigenvalue weighted by atomic mass is 14.9. The van der Waals surface area contributed by atoms with E-state index in [1.165, 1.54) is 110 Å². The normalized spacial score (nSPS) is 22.5. The SMILES string of the molecule is Cc1cc(C)c(C(c2cccc(-c3cccc(-c4ccc(C56CC7(c8ccc(-c9nc(-c%10ccccc%10)cc(-c%10ccccc%10)n9)cc8)CC8CC5(C6)C8C7)cc4)c3)c2)c2c(C)cc(C)cc2C)c(C)c1. The molecular formula is C69H62N2. The molecule has 0 N–H and O–H groups in total. The van der Waals surface area contributed by atoms with E-state index in [-0.39, 0.29) is 16.7 Å². The summed E-state index contributed by atoms with van der Waals surface area (Å²) in [4.78, 5) is 10.3. The second-order valence-electron chi connectivity index (χ2n) is 22.5. The van der Waals surface area contributed by atoms with Crippen LogP contribution in [0.25, 0.3) is 56.2 Å². The highest BCUT2D eigenvalue weighted by Gasteiger charge is 2.83. The van der Waals surface area contributed by atoms with E-state index in [0.29, 0.717) is 5.41 Å². The van der Waals surface area contributed by atoms with E-state index in [1.807, 2.05) is 0 Å². The Hall–Kier alpha value is -7.16. The molecule has 4 aliphatic carbocycles. The molecule has 13 rings (SSSR count). The lowest BCUT2D eigenvalue weighted by molar-refractivity contribution is 0.0415. The maximum absolute atomic E-state index is 5.16. The molecule has 0 aliphatic heterocycles. The van der Waals surface area contributed by atoms with Crippen molar-refractivity contribution in [3.8, 4) is 56.2 Å². The quantitative estimate of drug-likeness (QED) is 0.128. The monoisotopic (exact) mass is 918 g/mol. The maximum Gasteiger partial charge on any atom is 0.160 e. The Morgan fingerprint density at radius 2 is 0.901 bits per heavy atom. The summed E-state index contributed by atoms with van der Waals surface area (Å²) in [5.74, 6) is 2.60. The van der Waals surface area contributed by atoms with Gasteiger partial charge >= 0.3 is 0 Å². The predicted octanol–water partition coefficient (Wildman–Crippen LogP) is 17.2. The van der Waals surface area contributed by atoms with Crippen LogP contribution in [0.5, 0.6) is 0 Å². The van der Waals surface area contributed by atoms with Gasteiger partial charge in [-0.05, 0) is 181 Å². The molecule has 4 saturated carbocycles. The van der Waals surface area contributed by atoms with Gasteiger partial charge in [-0.25, -0.2) is 9.97 Å². The topological polar surface area (TPSA) is 25.8 Å². The van der Waals surface area contributed by atoms with Crippen molar-refractivity contribution >= 4 is 0 Å². The van der Waals surface area contributed by atoms with Gasteiger partial charge in [0, 0.05) is 28.0 Å². The second-order valence-corrected chi connectivity index (χ2v) is 22.5. The first-order valence-electron chi connectivity index (χ1n) is 26.1. The Balaban J connectivity index is 0.790. The van der Waals surface area contributed by atoms with Crippen molar-refractivity contribution in [2.24, 2.45) is 17.3 Å². The zero-order valence-corrected chi connectivity index (χ0v) is 42.1. The summed E-state index contributed by atoms with van der Waals surface area (Å²) in [6, 6.07) is 70.5. The Kier molecular flexibility index (Phi) is 10.2. The third kappa shape index (κ3) is 7.11. The van der Waals surface area contributed by atoms with Crippen molar-refractivity contribution in [3.05, 3.63) is 249 Å². The Labute approximate surface area is 421 Å². The van der Waals surface area contributed by atoms with Crippen LogP contribution in [-0.2, 0) is 10.8 Å². The van der Waals surface area contributed by atoms with Crippen LogP contribution in [0.15, 0.2) is 188 Å². The fourth-order valence-corrected chi connectivity index (χ4v) is 15.3. The summed E-state index contributed by atoms with van der Waals surface area (Å²) >= 11 is 0. The van der Waals surface area contributed by atoms with Crippen molar-refractivity contribution in [1.82, 2.24) is 9.97 Å². The molecule has 348 valence electrons. The van der Waals surface area contributed by atoms with Crippen molar-refractivity contribution in [2.75, 3.05) is 0 Å². The number of aromatic nitrogens is 2.